The number of hydrogen-bond donors (Lipinski definition) is 2. The predicted molar refractivity (Wildman–Crippen MR) is 74.9 cm³/mol. The van der Waals surface area contributed by atoms with Gasteiger partial charge in [0.15, 0.2) is 0 Å². The van der Waals surface area contributed by atoms with Gasteiger partial charge in [-0.2, -0.15) is 10.4 Å². The zero-order valence-corrected chi connectivity index (χ0v) is 11.8. The second-order valence-electron chi connectivity index (χ2n) is 5.94. The number of nitrogens with one attached hydrogen (secondary N) is 1. The zero-order valence-electron chi connectivity index (χ0n) is 11.8. The second-order valence-corrected chi connectivity index (χ2v) is 5.94. The SMILES string of the molecule is N#CC1CCC(NC2CCCc3c2cnn3CCO)C1. The minimum atomic E-state index is 0.138. The molecule has 108 valence electrons. The van der Waals surface area contributed by atoms with Crippen LogP contribution in [0.15, 0.2) is 6.20 Å². The number of aliphatic hydroxyl groups is 1. The molecule has 20 heavy (non-hydrogen) atoms. The summed E-state index contributed by atoms with van der Waals surface area (Å²) in [4.78, 5) is 0. The first kappa shape index (κ1) is 13.6. The van der Waals surface area contributed by atoms with Gasteiger partial charge in [0.1, 0.15) is 0 Å². The molecule has 2 aliphatic carbocycles. The Morgan fingerprint density at radius 2 is 2.35 bits per heavy atom. The lowest BCUT2D eigenvalue weighted by Gasteiger charge is -2.27. The molecule has 5 heteroatoms. The molecule has 0 aromatic carbocycles. The summed E-state index contributed by atoms with van der Waals surface area (Å²) < 4.78 is 1.94. The fourth-order valence-corrected chi connectivity index (χ4v) is 3.61. The second kappa shape index (κ2) is 5.94. The van der Waals surface area contributed by atoms with E-state index in [0.29, 0.717) is 18.6 Å². The van der Waals surface area contributed by atoms with Crippen LogP contribution >= 0.6 is 0 Å². The molecule has 1 heterocycles. The Morgan fingerprint density at radius 1 is 1.45 bits per heavy atom. The summed E-state index contributed by atoms with van der Waals surface area (Å²) in [5.41, 5.74) is 2.57. The highest BCUT2D eigenvalue weighted by molar-refractivity contribution is 5.25. The number of nitrogens with zero attached hydrogens (tertiary/aromatic N) is 3. The summed E-state index contributed by atoms with van der Waals surface area (Å²) in [6.07, 6.45) is 8.43. The first-order valence-corrected chi connectivity index (χ1v) is 7.63. The Morgan fingerprint density at radius 3 is 3.10 bits per heavy atom. The van der Waals surface area contributed by atoms with Gasteiger partial charge in [0.05, 0.1) is 25.4 Å². The van der Waals surface area contributed by atoms with Crippen molar-refractivity contribution in [3.63, 3.8) is 0 Å². The minimum absolute atomic E-state index is 0.138. The third-order valence-corrected chi connectivity index (χ3v) is 4.63. The third kappa shape index (κ3) is 2.58. The van der Waals surface area contributed by atoms with Crippen molar-refractivity contribution in [3.8, 4) is 6.07 Å². The molecule has 1 saturated carbocycles. The predicted octanol–water partition coefficient (Wildman–Crippen LogP) is 1.53. The van der Waals surface area contributed by atoms with E-state index in [1.54, 1.807) is 0 Å². The quantitative estimate of drug-likeness (QED) is 0.873. The van der Waals surface area contributed by atoms with Crippen LogP contribution in [-0.4, -0.2) is 27.5 Å². The van der Waals surface area contributed by atoms with Gasteiger partial charge in [-0.3, -0.25) is 4.68 Å². The van der Waals surface area contributed by atoms with E-state index in [9.17, 15) is 0 Å². The van der Waals surface area contributed by atoms with E-state index >= 15 is 0 Å². The first-order valence-electron chi connectivity index (χ1n) is 7.63. The molecular formula is C15H22N4O. The highest BCUT2D eigenvalue weighted by Crippen LogP contribution is 2.33. The molecule has 0 saturated heterocycles. The van der Waals surface area contributed by atoms with Crippen LogP contribution in [-0.2, 0) is 13.0 Å². The van der Waals surface area contributed by atoms with Gasteiger partial charge in [0.2, 0.25) is 0 Å². The van der Waals surface area contributed by atoms with Crippen LogP contribution in [0.4, 0.5) is 0 Å². The van der Waals surface area contributed by atoms with Crippen LogP contribution in [0.3, 0.4) is 0 Å². The van der Waals surface area contributed by atoms with Crippen LogP contribution < -0.4 is 5.32 Å². The Balaban J connectivity index is 1.69. The topological polar surface area (TPSA) is 73.9 Å². The van der Waals surface area contributed by atoms with Crippen LogP contribution in [0.1, 0.15) is 49.4 Å². The lowest BCUT2D eigenvalue weighted by atomic mass is 9.92. The van der Waals surface area contributed by atoms with E-state index in [0.717, 1.165) is 38.5 Å². The molecule has 1 aromatic heterocycles. The molecule has 0 radical (unpaired) electrons. The van der Waals surface area contributed by atoms with Gasteiger partial charge in [-0.1, -0.05) is 0 Å². The number of rotatable bonds is 4. The molecule has 2 N–H and O–H groups in total. The number of fused-ring (bicyclic) bond motifs is 1. The molecule has 1 aromatic rings. The number of aliphatic hydroxyl groups excluding tert-OH is 1. The third-order valence-electron chi connectivity index (χ3n) is 4.63. The van der Waals surface area contributed by atoms with Gasteiger partial charge >= 0.3 is 0 Å². The van der Waals surface area contributed by atoms with Gasteiger partial charge in [-0.15, -0.1) is 0 Å². The van der Waals surface area contributed by atoms with E-state index in [4.69, 9.17) is 10.4 Å². The van der Waals surface area contributed by atoms with Crippen LogP contribution in [0.2, 0.25) is 0 Å². The average molecular weight is 274 g/mol. The van der Waals surface area contributed by atoms with Gasteiger partial charge in [-0.25, -0.2) is 0 Å². The maximum Gasteiger partial charge on any atom is 0.0656 e. The molecular weight excluding hydrogens is 252 g/mol. The summed E-state index contributed by atoms with van der Waals surface area (Å²) in [5, 5.41) is 26.2. The Kier molecular flexibility index (Phi) is 4.04. The molecule has 2 aliphatic rings. The number of nitriles is 1. The highest BCUT2D eigenvalue weighted by Gasteiger charge is 2.30. The molecule has 3 rings (SSSR count). The van der Waals surface area contributed by atoms with E-state index in [2.05, 4.69) is 16.5 Å². The maximum atomic E-state index is 9.08. The zero-order chi connectivity index (χ0) is 13.9. The summed E-state index contributed by atoms with van der Waals surface area (Å²) in [6, 6.07) is 3.23. The highest BCUT2D eigenvalue weighted by atomic mass is 16.3. The summed E-state index contributed by atoms with van der Waals surface area (Å²) >= 11 is 0. The van der Waals surface area contributed by atoms with Crippen molar-refractivity contribution in [2.45, 2.75) is 57.2 Å². The van der Waals surface area contributed by atoms with E-state index < -0.39 is 0 Å². The maximum absolute atomic E-state index is 9.08. The van der Waals surface area contributed by atoms with Crippen molar-refractivity contribution in [1.82, 2.24) is 15.1 Å². The average Bonchev–Trinajstić information content (AvgIpc) is 3.07. The van der Waals surface area contributed by atoms with Crippen molar-refractivity contribution in [2.75, 3.05) is 6.61 Å². The summed E-state index contributed by atoms with van der Waals surface area (Å²) in [7, 11) is 0. The van der Waals surface area contributed by atoms with Crippen molar-refractivity contribution in [2.24, 2.45) is 5.92 Å². The molecule has 3 unspecified atom stereocenters. The lowest BCUT2D eigenvalue weighted by Crippen LogP contribution is -2.33. The molecule has 5 nitrogen and oxygen atoms in total. The molecule has 0 aliphatic heterocycles. The Bertz CT molecular complexity index is 504. The normalized spacial score (nSPS) is 29.1. The molecule has 1 fully saturated rings. The van der Waals surface area contributed by atoms with Crippen LogP contribution in [0.25, 0.3) is 0 Å². The molecule has 3 atom stereocenters. The van der Waals surface area contributed by atoms with E-state index in [1.165, 1.54) is 11.3 Å². The summed E-state index contributed by atoms with van der Waals surface area (Å²) in [5.74, 6) is 0.229. The monoisotopic (exact) mass is 274 g/mol. The number of aromatic nitrogens is 2. The van der Waals surface area contributed by atoms with E-state index in [-0.39, 0.29) is 12.5 Å². The van der Waals surface area contributed by atoms with Gasteiger partial charge in [-0.05, 0) is 38.5 Å². The lowest BCUT2D eigenvalue weighted by molar-refractivity contribution is 0.266. The number of hydrogen-bond acceptors (Lipinski definition) is 4. The first-order chi connectivity index (χ1) is 9.81. The molecule has 0 bridgehead atoms. The summed E-state index contributed by atoms with van der Waals surface area (Å²) in [6.45, 7) is 0.723. The van der Waals surface area contributed by atoms with Crippen molar-refractivity contribution >= 4 is 0 Å². The standard InChI is InChI=1S/C15H22N4O/c16-9-11-4-5-12(8-11)18-14-2-1-3-15-13(14)10-17-19(15)6-7-20/h10-12,14,18,20H,1-8H2. The Labute approximate surface area is 119 Å². The van der Waals surface area contributed by atoms with Gasteiger partial charge in [0, 0.05) is 29.3 Å². The van der Waals surface area contributed by atoms with Crippen molar-refractivity contribution < 1.29 is 5.11 Å². The fraction of sp³-hybridized carbons (Fsp3) is 0.733. The molecule has 0 amide bonds. The van der Waals surface area contributed by atoms with Gasteiger partial charge in [0.25, 0.3) is 0 Å². The largest absolute Gasteiger partial charge is 0.394 e. The molecule has 0 spiro atoms. The van der Waals surface area contributed by atoms with Crippen LogP contribution in [0.5, 0.6) is 0 Å². The Hall–Kier alpha value is -1.38. The minimum Gasteiger partial charge on any atom is -0.394 e. The smallest absolute Gasteiger partial charge is 0.0656 e. The fourth-order valence-electron chi connectivity index (χ4n) is 3.61. The van der Waals surface area contributed by atoms with E-state index in [1.807, 2.05) is 10.9 Å². The van der Waals surface area contributed by atoms with Crippen LogP contribution in [0, 0.1) is 17.2 Å². The van der Waals surface area contributed by atoms with Crippen molar-refractivity contribution in [1.29, 1.82) is 5.26 Å². The van der Waals surface area contributed by atoms with Gasteiger partial charge < -0.3 is 10.4 Å². The van der Waals surface area contributed by atoms with Crippen molar-refractivity contribution in [3.05, 3.63) is 17.5 Å².